The molecule has 0 fully saturated rings. The van der Waals surface area contributed by atoms with Gasteiger partial charge < -0.3 is 29.6 Å². The van der Waals surface area contributed by atoms with Crippen LogP contribution in [0.3, 0.4) is 0 Å². The number of rotatable bonds is 9. The Bertz CT molecular complexity index is 1020. The first-order chi connectivity index (χ1) is 14.6. The summed E-state index contributed by atoms with van der Waals surface area (Å²) < 4.78 is 19.0. The first kappa shape index (κ1) is 21.6. The van der Waals surface area contributed by atoms with Crippen molar-refractivity contribution in [1.29, 1.82) is 0 Å². The van der Waals surface area contributed by atoms with Crippen molar-refractivity contribution in [2.24, 2.45) is 0 Å². The molecule has 30 heavy (non-hydrogen) atoms. The molecule has 0 atom stereocenters. The zero-order chi connectivity index (χ0) is 21.5. The number of halogens is 1. The minimum atomic E-state index is 0.319. The van der Waals surface area contributed by atoms with Gasteiger partial charge in [0.15, 0.2) is 5.82 Å². The Balaban J connectivity index is 1.88. The first-order valence-electron chi connectivity index (χ1n) is 8.69. The molecule has 0 aliphatic carbocycles. The predicted molar refractivity (Wildman–Crippen MR) is 121 cm³/mol. The van der Waals surface area contributed by atoms with E-state index >= 15 is 0 Å². The van der Waals surface area contributed by atoms with Gasteiger partial charge in [-0.15, -0.1) is 0 Å². The fourth-order valence-corrected chi connectivity index (χ4v) is 3.04. The van der Waals surface area contributed by atoms with Crippen LogP contribution in [0.1, 0.15) is 0 Å². The quantitative estimate of drug-likeness (QED) is 0.398. The molecule has 0 aliphatic heterocycles. The molecule has 3 rings (SSSR count). The smallest absolute Gasteiger partial charge is 0.229 e. The highest BCUT2D eigenvalue weighted by molar-refractivity contribution is 7.99. The lowest BCUT2D eigenvalue weighted by Crippen LogP contribution is -2.04. The number of methoxy groups -OCH3 is 3. The molecule has 9 nitrogen and oxygen atoms in total. The van der Waals surface area contributed by atoms with Gasteiger partial charge in [-0.2, -0.15) is 4.98 Å². The third kappa shape index (κ3) is 5.08. The summed E-state index contributed by atoms with van der Waals surface area (Å²) in [6, 6.07) is 7.26. The van der Waals surface area contributed by atoms with E-state index in [9.17, 15) is 0 Å². The highest BCUT2D eigenvalue weighted by Crippen LogP contribution is 2.34. The molecular formula is C19H21ClN6O3S. The number of nitrogens with zero attached hydrogens (tertiary/aromatic N) is 3. The topological polar surface area (TPSA) is 102 Å². The van der Waals surface area contributed by atoms with Crippen LogP contribution in [0.25, 0.3) is 0 Å². The molecule has 0 unspecified atom stereocenters. The normalized spacial score (nSPS) is 10.3. The number of aromatic nitrogens is 3. The molecule has 0 saturated carbocycles. The second kappa shape index (κ2) is 10.1. The Morgan fingerprint density at radius 1 is 0.900 bits per heavy atom. The molecule has 2 heterocycles. The van der Waals surface area contributed by atoms with E-state index in [1.807, 2.05) is 24.5 Å². The maximum Gasteiger partial charge on any atom is 0.229 e. The van der Waals surface area contributed by atoms with Crippen molar-refractivity contribution in [3.8, 4) is 17.4 Å². The van der Waals surface area contributed by atoms with E-state index in [-0.39, 0.29) is 0 Å². The van der Waals surface area contributed by atoms with E-state index in [0.717, 1.165) is 17.1 Å². The fourth-order valence-electron chi connectivity index (χ4n) is 2.51. The standard InChI is InChI=1S/C19H21ClN6O3S/c1-27-11-5-6-13(14(7-11)26-30-4)23-18-12(20)9-22-19(25-18)24-15-10-21-17(29-3)8-16(15)28-2/h5-10,26H,1-4H3,(H2,22,23,24,25). The van der Waals surface area contributed by atoms with Gasteiger partial charge in [0.1, 0.15) is 22.2 Å². The SMILES string of the molecule is COc1ccc(Nc2nc(Nc3cnc(OC)cc3OC)ncc2Cl)c(NSC)c1. The summed E-state index contributed by atoms with van der Waals surface area (Å²) in [4.78, 5) is 12.9. The summed E-state index contributed by atoms with van der Waals surface area (Å²) in [6.45, 7) is 0. The highest BCUT2D eigenvalue weighted by atomic mass is 35.5. The predicted octanol–water partition coefficient (Wildman–Crippen LogP) is 4.73. The Morgan fingerprint density at radius 3 is 2.43 bits per heavy atom. The summed E-state index contributed by atoms with van der Waals surface area (Å²) in [6.07, 6.45) is 5.01. The zero-order valence-electron chi connectivity index (χ0n) is 16.8. The number of pyridine rings is 1. The number of nitrogens with one attached hydrogen (secondary N) is 3. The van der Waals surface area contributed by atoms with Crippen molar-refractivity contribution in [3.05, 3.63) is 41.7 Å². The van der Waals surface area contributed by atoms with Crippen LogP contribution in [-0.4, -0.2) is 42.5 Å². The van der Waals surface area contributed by atoms with Crippen LogP contribution < -0.4 is 29.6 Å². The largest absolute Gasteiger partial charge is 0.497 e. The average Bonchev–Trinajstić information content (AvgIpc) is 2.77. The van der Waals surface area contributed by atoms with Crippen LogP contribution in [0.5, 0.6) is 17.4 Å². The fraction of sp³-hybridized carbons (Fsp3) is 0.211. The van der Waals surface area contributed by atoms with Crippen molar-refractivity contribution < 1.29 is 14.2 Å². The second-order valence-corrected chi connectivity index (χ2v) is 6.80. The van der Waals surface area contributed by atoms with Gasteiger partial charge in [-0.05, 0) is 12.1 Å². The van der Waals surface area contributed by atoms with Crippen molar-refractivity contribution in [2.75, 3.05) is 42.9 Å². The third-order valence-electron chi connectivity index (χ3n) is 3.95. The molecule has 0 radical (unpaired) electrons. The number of ether oxygens (including phenoxy) is 3. The molecule has 0 amide bonds. The molecule has 3 aromatic rings. The maximum absolute atomic E-state index is 6.32. The molecule has 3 N–H and O–H groups in total. The summed E-state index contributed by atoms with van der Waals surface area (Å²) >= 11 is 7.78. The average molecular weight is 449 g/mol. The number of hydrogen-bond acceptors (Lipinski definition) is 10. The second-order valence-electron chi connectivity index (χ2n) is 5.78. The number of anilines is 5. The molecule has 0 aliphatic rings. The summed E-state index contributed by atoms with van der Waals surface area (Å²) in [5.74, 6) is 2.46. The van der Waals surface area contributed by atoms with E-state index in [1.54, 1.807) is 26.5 Å². The van der Waals surface area contributed by atoms with E-state index in [4.69, 9.17) is 25.8 Å². The van der Waals surface area contributed by atoms with E-state index < -0.39 is 0 Å². The van der Waals surface area contributed by atoms with Gasteiger partial charge in [0, 0.05) is 18.4 Å². The molecule has 11 heteroatoms. The Labute approximate surface area is 183 Å². The Hall–Kier alpha value is -3.11. The first-order valence-corrected chi connectivity index (χ1v) is 10.3. The number of benzene rings is 1. The lowest BCUT2D eigenvalue weighted by molar-refractivity contribution is 0.383. The lowest BCUT2D eigenvalue weighted by atomic mass is 10.2. The maximum atomic E-state index is 6.32. The van der Waals surface area contributed by atoms with Crippen LogP contribution in [-0.2, 0) is 0 Å². The van der Waals surface area contributed by atoms with Crippen LogP contribution in [0.2, 0.25) is 5.02 Å². The van der Waals surface area contributed by atoms with Gasteiger partial charge in [0.25, 0.3) is 0 Å². The van der Waals surface area contributed by atoms with Gasteiger partial charge in [-0.3, -0.25) is 0 Å². The molecule has 0 bridgehead atoms. The van der Waals surface area contributed by atoms with Crippen LogP contribution in [0.15, 0.2) is 36.7 Å². The molecule has 158 valence electrons. The highest BCUT2D eigenvalue weighted by Gasteiger charge is 2.12. The van der Waals surface area contributed by atoms with Gasteiger partial charge in [0.2, 0.25) is 11.8 Å². The molecule has 0 saturated heterocycles. The molecule has 1 aromatic carbocycles. The molecular weight excluding hydrogens is 428 g/mol. The minimum Gasteiger partial charge on any atom is -0.497 e. The van der Waals surface area contributed by atoms with Crippen molar-refractivity contribution >= 4 is 52.4 Å². The third-order valence-corrected chi connectivity index (χ3v) is 4.65. The Kier molecular flexibility index (Phi) is 7.26. The number of hydrogen-bond donors (Lipinski definition) is 3. The van der Waals surface area contributed by atoms with Gasteiger partial charge in [-0.25, -0.2) is 9.97 Å². The zero-order valence-corrected chi connectivity index (χ0v) is 18.4. The van der Waals surface area contributed by atoms with Crippen molar-refractivity contribution in [2.45, 2.75) is 0 Å². The lowest BCUT2D eigenvalue weighted by Gasteiger charge is -2.15. The van der Waals surface area contributed by atoms with Crippen molar-refractivity contribution in [1.82, 2.24) is 15.0 Å². The monoisotopic (exact) mass is 448 g/mol. The van der Waals surface area contributed by atoms with E-state index in [1.165, 1.54) is 25.3 Å². The van der Waals surface area contributed by atoms with Gasteiger partial charge >= 0.3 is 0 Å². The van der Waals surface area contributed by atoms with E-state index in [2.05, 4.69) is 30.3 Å². The van der Waals surface area contributed by atoms with Crippen LogP contribution >= 0.6 is 23.5 Å². The van der Waals surface area contributed by atoms with Crippen molar-refractivity contribution in [3.63, 3.8) is 0 Å². The van der Waals surface area contributed by atoms with Crippen LogP contribution in [0.4, 0.5) is 28.8 Å². The molecule has 2 aromatic heterocycles. The van der Waals surface area contributed by atoms with Crippen LogP contribution in [0, 0.1) is 0 Å². The summed E-state index contributed by atoms with van der Waals surface area (Å²) in [5, 5.41) is 6.68. The minimum absolute atomic E-state index is 0.319. The summed E-state index contributed by atoms with van der Waals surface area (Å²) in [5.41, 5.74) is 2.19. The van der Waals surface area contributed by atoms with Gasteiger partial charge in [0.05, 0.1) is 45.1 Å². The van der Waals surface area contributed by atoms with E-state index in [0.29, 0.717) is 34.1 Å². The van der Waals surface area contributed by atoms with Gasteiger partial charge in [-0.1, -0.05) is 23.5 Å². The summed E-state index contributed by atoms with van der Waals surface area (Å²) in [7, 11) is 4.71. The Morgan fingerprint density at radius 2 is 1.73 bits per heavy atom. The molecule has 0 spiro atoms.